The summed E-state index contributed by atoms with van der Waals surface area (Å²) in [5.41, 5.74) is 11.2. The summed E-state index contributed by atoms with van der Waals surface area (Å²) in [6.07, 6.45) is 4.37. The average molecular weight is 386 g/mol. The lowest BCUT2D eigenvalue weighted by molar-refractivity contribution is 0.864. The van der Waals surface area contributed by atoms with Crippen LogP contribution in [-0.4, -0.2) is 36.0 Å². The molecule has 0 aliphatic carbocycles. The first-order valence-electron chi connectivity index (χ1n) is 9.36. The van der Waals surface area contributed by atoms with Gasteiger partial charge in [-0.2, -0.15) is 0 Å². The van der Waals surface area contributed by atoms with Crippen molar-refractivity contribution in [2.24, 2.45) is 5.73 Å². The highest BCUT2D eigenvalue weighted by molar-refractivity contribution is 7.07. The molecule has 0 saturated carbocycles. The molecule has 3 heterocycles. The molecule has 0 bridgehead atoms. The van der Waals surface area contributed by atoms with E-state index in [1.54, 1.807) is 11.5 Å². The Morgan fingerprint density at radius 2 is 1.85 bits per heavy atom. The highest BCUT2D eigenvalue weighted by atomic mass is 32.1. The summed E-state index contributed by atoms with van der Waals surface area (Å²) in [6.45, 7) is 8.80. The summed E-state index contributed by atoms with van der Waals surface area (Å²) < 4.78 is 3.32. The summed E-state index contributed by atoms with van der Waals surface area (Å²) in [5, 5.41) is 6.40. The van der Waals surface area contributed by atoms with Crippen LogP contribution >= 0.6 is 11.5 Å². The SMILES string of the molecule is CCN.CCNC.Cc1s[nH]c1-c1c[nH]c2c1C=C(c1ccccc1)CN2. The number of aryl methyl sites for hydroxylation is 1. The Hall–Kier alpha value is -2.28. The van der Waals surface area contributed by atoms with E-state index in [-0.39, 0.29) is 0 Å². The van der Waals surface area contributed by atoms with Crippen molar-refractivity contribution in [2.45, 2.75) is 20.8 Å². The molecule has 6 N–H and O–H groups in total. The van der Waals surface area contributed by atoms with E-state index in [1.165, 1.54) is 32.8 Å². The van der Waals surface area contributed by atoms with Crippen molar-refractivity contribution >= 4 is 29.0 Å². The van der Waals surface area contributed by atoms with Gasteiger partial charge in [-0.25, -0.2) is 0 Å². The Morgan fingerprint density at radius 3 is 2.37 bits per heavy atom. The zero-order valence-electron chi connectivity index (χ0n) is 16.6. The fourth-order valence-corrected chi connectivity index (χ4v) is 3.26. The van der Waals surface area contributed by atoms with Crippen molar-refractivity contribution < 1.29 is 0 Å². The van der Waals surface area contributed by atoms with Crippen LogP contribution in [0, 0.1) is 6.92 Å². The number of rotatable bonds is 3. The van der Waals surface area contributed by atoms with Crippen molar-refractivity contribution in [1.82, 2.24) is 14.7 Å². The molecule has 0 atom stereocenters. The summed E-state index contributed by atoms with van der Waals surface area (Å²) >= 11 is 1.69. The van der Waals surface area contributed by atoms with Crippen LogP contribution < -0.4 is 16.4 Å². The summed E-state index contributed by atoms with van der Waals surface area (Å²) in [4.78, 5) is 4.67. The Bertz CT molecular complexity index is 824. The first kappa shape index (κ1) is 21.0. The Kier molecular flexibility index (Phi) is 8.39. The monoisotopic (exact) mass is 385 g/mol. The van der Waals surface area contributed by atoms with Crippen LogP contribution in [0.15, 0.2) is 36.5 Å². The molecule has 0 spiro atoms. The quantitative estimate of drug-likeness (QED) is 0.459. The van der Waals surface area contributed by atoms with Crippen LogP contribution in [0.3, 0.4) is 0 Å². The third-order valence-corrected chi connectivity index (χ3v) is 4.94. The Labute approximate surface area is 166 Å². The second-order valence-electron chi connectivity index (χ2n) is 6.13. The van der Waals surface area contributed by atoms with Gasteiger partial charge < -0.3 is 25.7 Å². The van der Waals surface area contributed by atoms with Crippen molar-refractivity contribution in [3.63, 3.8) is 0 Å². The average Bonchev–Trinajstić information content (AvgIpc) is 3.11. The highest BCUT2D eigenvalue weighted by Crippen LogP contribution is 2.38. The predicted molar refractivity (Wildman–Crippen MR) is 120 cm³/mol. The van der Waals surface area contributed by atoms with Gasteiger partial charge in [0, 0.05) is 28.7 Å². The van der Waals surface area contributed by atoms with Gasteiger partial charge in [0.05, 0.1) is 5.69 Å². The molecule has 0 radical (unpaired) electrons. The zero-order chi connectivity index (χ0) is 19.6. The summed E-state index contributed by atoms with van der Waals surface area (Å²) in [7, 11) is 1.93. The third-order valence-electron chi connectivity index (χ3n) is 4.12. The number of aromatic nitrogens is 2. The Morgan fingerprint density at radius 1 is 1.19 bits per heavy atom. The second-order valence-corrected chi connectivity index (χ2v) is 7.15. The molecule has 3 aromatic rings. The molecule has 0 saturated heterocycles. The van der Waals surface area contributed by atoms with Crippen LogP contribution in [0.5, 0.6) is 0 Å². The zero-order valence-corrected chi connectivity index (χ0v) is 17.5. The molecule has 146 valence electrons. The lowest BCUT2D eigenvalue weighted by atomic mass is 9.98. The number of nitrogens with one attached hydrogen (secondary N) is 4. The largest absolute Gasteiger partial charge is 0.367 e. The van der Waals surface area contributed by atoms with E-state index in [0.29, 0.717) is 0 Å². The molecule has 5 nitrogen and oxygen atoms in total. The van der Waals surface area contributed by atoms with E-state index in [1.807, 2.05) is 14.0 Å². The van der Waals surface area contributed by atoms with E-state index >= 15 is 0 Å². The molecule has 2 aromatic heterocycles. The van der Waals surface area contributed by atoms with Gasteiger partial charge >= 0.3 is 0 Å². The fourth-order valence-electron chi connectivity index (χ4n) is 2.63. The van der Waals surface area contributed by atoms with E-state index in [2.05, 4.69) is 76.4 Å². The second kappa shape index (κ2) is 10.8. The normalized spacial score (nSPS) is 12.0. The first-order valence-corrected chi connectivity index (χ1v) is 10.2. The van der Waals surface area contributed by atoms with Crippen LogP contribution in [0.1, 0.15) is 29.9 Å². The van der Waals surface area contributed by atoms with E-state index in [0.717, 1.165) is 25.5 Å². The van der Waals surface area contributed by atoms with Crippen LogP contribution in [0.25, 0.3) is 22.9 Å². The van der Waals surface area contributed by atoms with E-state index in [4.69, 9.17) is 5.73 Å². The molecule has 1 aliphatic rings. The fraction of sp³-hybridized carbons (Fsp3) is 0.333. The predicted octanol–water partition coefficient (Wildman–Crippen LogP) is 4.54. The molecule has 1 aliphatic heterocycles. The number of benzene rings is 1. The van der Waals surface area contributed by atoms with Gasteiger partial charge in [0.1, 0.15) is 5.82 Å². The minimum Gasteiger partial charge on any atom is -0.367 e. The molecule has 0 unspecified atom stereocenters. The Balaban J connectivity index is 0.000000327. The standard InChI is InChI=1S/C16H15N3S.C3H9N.C2H7N/c1-10-15(19-20-10)14-9-18-16-13(14)7-12(8-17-16)11-5-3-2-4-6-11;1-3-4-2;1-2-3/h2-7,9,17-19H,8H2,1H3;4H,3H2,1-2H3;2-3H2,1H3. The van der Waals surface area contributed by atoms with Crippen LogP contribution in [0.4, 0.5) is 5.82 Å². The van der Waals surface area contributed by atoms with Crippen molar-refractivity contribution in [2.75, 3.05) is 32.0 Å². The van der Waals surface area contributed by atoms with Gasteiger partial charge in [-0.3, -0.25) is 0 Å². The smallest absolute Gasteiger partial charge is 0.111 e. The minimum absolute atomic E-state index is 0.750. The van der Waals surface area contributed by atoms with Gasteiger partial charge in [-0.1, -0.05) is 55.7 Å². The lowest BCUT2D eigenvalue weighted by Crippen LogP contribution is -2.09. The van der Waals surface area contributed by atoms with E-state index in [9.17, 15) is 0 Å². The van der Waals surface area contributed by atoms with E-state index < -0.39 is 0 Å². The maximum Gasteiger partial charge on any atom is 0.111 e. The van der Waals surface area contributed by atoms with Gasteiger partial charge in [0.25, 0.3) is 0 Å². The maximum atomic E-state index is 4.85. The number of H-pyrrole nitrogens is 2. The number of nitrogens with two attached hydrogens (primary N) is 1. The first-order chi connectivity index (χ1) is 13.2. The third kappa shape index (κ3) is 5.35. The highest BCUT2D eigenvalue weighted by Gasteiger charge is 2.19. The molecule has 0 amide bonds. The van der Waals surface area contributed by atoms with Crippen molar-refractivity contribution in [3.8, 4) is 11.3 Å². The minimum atomic E-state index is 0.750. The van der Waals surface area contributed by atoms with Crippen LogP contribution in [0.2, 0.25) is 0 Å². The van der Waals surface area contributed by atoms with Crippen LogP contribution in [-0.2, 0) is 0 Å². The van der Waals surface area contributed by atoms with Gasteiger partial charge in [0.15, 0.2) is 0 Å². The molecule has 6 heteroatoms. The maximum absolute atomic E-state index is 4.85. The van der Waals surface area contributed by atoms with Gasteiger partial charge in [0.2, 0.25) is 0 Å². The number of fused-ring (bicyclic) bond motifs is 1. The molecular weight excluding hydrogens is 354 g/mol. The molecule has 0 fully saturated rings. The number of hydrogen-bond donors (Lipinski definition) is 5. The van der Waals surface area contributed by atoms with Gasteiger partial charge in [-0.15, -0.1) is 0 Å². The molecule has 27 heavy (non-hydrogen) atoms. The molecule has 1 aromatic carbocycles. The van der Waals surface area contributed by atoms with Crippen molar-refractivity contribution in [3.05, 3.63) is 52.5 Å². The summed E-state index contributed by atoms with van der Waals surface area (Å²) in [6, 6.07) is 10.5. The number of aromatic amines is 2. The topological polar surface area (TPSA) is 81.7 Å². The summed E-state index contributed by atoms with van der Waals surface area (Å²) in [5.74, 6) is 1.11. The van der Waals surface area contributed by atoms with Crippen molar-refractivity contribution in [1.29, 1.82) is 0 Å². The molecular formula is C21H31N5S. The number of anilines is 1. The molecule has 4 rings (SSSR count). The number of hydrogen-bond acceptors (Lipinski definition) is 4. The van der Waals surface area contributed by atoms with Gasteiger partial charge in [-0.05, 0) is 44.3 Å². The lowest BCUT2D eigenvalue weighted by Gasteiger charge is -2.17.